The van der Waals surface area contributed by atoms with Crippen molar-refractivity contribution in [3.05, 3.63) is 34.9 Å². The maximum atomic E-state index is 12.6. The first-order valence-electron chi connectivity index (χ1n) is 7.08. The predicted molar refractivity (Wildman–Crippen MR) is 84.7 cm³/mol. The molecule has 0 aliphatic carbocycles. The molecule has 1 spiro atoms. The highest BCUT2D eigenvalue weighted by Crippen LogP contribution is 2.32. The Bertz CT molecular complexity index is 573. The van der Waals surface area contributed by atoms with Crippen LogP contribution in [0.4, 0.5) is 4.79 Å². The minimum Gasteiger partial charge on any atom is -0.323 e. The molecule has 0 atom stereocenters. The zero-order valence-corrected chi connectivity index (χ0v) is 13.2. The molecule has 1 N–H and O–H groups in total. The molecule has 1 aromatic rings. The fourth-order valence-electron chi connectivity index (χ4n) is 2.87. The van der Waals surface area contributed by atoms with Crippen molar-refractivity contribution in [2.45, 2.75) is 24.8 Å². The highest BCUT2D eigenvalue weighted by molar-refractivity contribution is 7.99. The van der Waals surface area contributed by atoms with Crippen molar-refractivity contribution in [2.75, 3.05) is 18.1 Å². The van der Waals surface area contributed by atoms with Gasteiger partial charge >= 0.3 is 6.03 Å². The van der Waals surface area contributed by atoms with E-state index in [9.17, 15) is 9.59 Å². The molecule has 0 radical (unpaired) electrons. The van der Waals surface area contributed by atoms with Crippen LogP contribution in [0, 0.1) is 0 Å². The SMILES string of the molecule is O=C1NC2(CCSCC2)C(=O)N1CCc1ccccc1Cl. The van der Waals surface area contributed by atoms with Gasteiger partial charge in [-0.1, -0.05) is 29.8 Å². The molecule has 4 nitrogen and oxygen atoms in total. The number of thioether (sulfide) groups is 1. The Morgan fingerprint density at radius 2 is 1.95 bits per heavy atom. The third-order valence-corrected chi connectivity index (χ3v) is 5.51. The standard InChI is InChI=1S/C15H17ClN2O2S/c16-12-4-2-1-3-11(12)5-8-18-13(19)15(17-14(18)20)6-9-21-10-7-15/h1-4H,5-10H2,(H,17,20). The maximum Gasteiger partial charge on any atom is 0.325 e. The lowest BCUT2D eigenvalue weighted by Crippen LogP contribution is -2.49. The van der Waals surface area contributed by atoms with E-state index in [1.54, 1.807) is 0 Å². The number of hydrogen-bond donors (Lipinski definition) is 1. The van der Waals surface area contributed by atoms with E-state index < -0.39 is 5.54 Å². The summed E-state index contributed by atoms with van der Waals surface area (Å²) in [5.41, 5.74) is 0.308. The van der Waals surface area contributed by atoms with Crippen molar-refractivity contribution in [3.63, 3.8) is 0 Å². The molecule has 2 aliphatic rings. The molecule has 2 fully saturated rings. The van der Waals surface area contributed by atoms with E-state index in [1.807, 2.05) is 36.0 Å². The van der Waals surface area contributed by atoms with E-state index in [-0.39, 0.29) is 11.9 Å². The Morgan fingerprint density at radius 3 is 2.67 bits per heavy atom. The Balaban J connectivity index is 1.70. The van der Waals surface area contributed by atoms with Gasteiger partial charge in [0, 0.05) is 11.6 Å². The molecule has 0 saturated carbocycles. The van der Waals surface area contributed by atoms with Gasteiger partial charge in [0.15, 0.2) is 0 Å². The molecule has 0 aromatic heterocycles. The summed E-state index contributed by atoms with van der Waals surface area (Å²) in [6.45, 7) is 0.378. The molecule has 21 heavy (non-hydrogen) atoms. The largest absolute Gasteiger partial charge is 0.325 e. The van der Waals surface area contributed by atoms with Gasteiger partial charge in [-0.2, -0.15) is 11.8 Å². The van der Waals surface area contributed by atoms with Crippen LogP contribution in [0.3, 0.4) is 0 Å². The van der Waals surface area contributed by atoms with Crippen LogP contribution in [-0.4, -0.2) is 40.4 Å². The van der Waals surface area contributed by atoms with Crippen molar-refractivity contribution in [3.8, 4) is 0 Å². The number of hydrogen-bond acceptors (Lipinski definition) is 3. The number of urea groups is 1. The highest BCUT2D eigenvalue weighted by atomic mass is 35.5. The second-order valence-electron chi connectivity index (χ2n) is 5.42. The number of benzene rings is 1. The molecule has 0 unspecified atom stereocenters. The summed E-state index contributed by atoms with van der Waals surface area (Å²) >= 11 is 7.95. The smallest absolute Gasteiger partial charge is 0.323 e. The van der Waals surface area contributed by atoms with Crippen molar-refractivity contribution in [1.29, 1.82) is 0 Å². The number of nitrogens with zero attached hydrogens (tertiary/aromatic N) is 1. The molecular formula is C15H17ClN2O2S. The van der Waals surface area contributed by atoms with Gasteiger partial charge in [-0.3, -0.25) is 9.69 Å². The Kier molecular flexibility index (Phi) is 4.13. The summed E-state index contributed by atoms with van der Waals surface area (Å²) in [7, 11) is 0. The number of amides is 3. The molecule has 112 valence electrons. The fraction of sp³-hybridized carbons (Fsp3) is 0.467. The third-order valence-electron chi connectivity index (χ3n) is 4.15. The number of rotatable bonds is 3. The van der Waals surface area contributed by atoms with Gasteiger partial charge in [-0.05, 0) is 42.4 Å². The Morgan fingerprint density at radius 1 is 1.24 bits per heavy atom. The maximum absolute atomic E-state index is 12.6. The predicted octanol–water partition coefficient (Wildman–Crippen LogP) is 2.70. The topological polar surface area (TPSA) is 49.4 Å². The van der Waals surface area contributed by atoms with Crippen LogP contribution >= 0.6 is 23.4 Å². The fourth-order valence-corrected chi connectivity index (χ4v) is 4.29. The van der Waals surface area contributed by atoms with Gasteiger partial charge < -0.3 is 5.32 Å². The van der Waals surface area contributed by atoms with Crippen molar-refractivity contribution in [1.82, 2.24) is 10.2 Å². The number of carbonyl (C=O) groups is 2. The monoisotopic (exact) mass is 324 g/mol. The highest BCUT2D eigenvalue weighted by Gasteiger charge is 2.51. The van der Waals surface area contributed by atoms with Crippen LogP contribution in [0.1, 0.15) is 18.4 Å². The average Bonchev–Trinajstić information content (AvgIpc) is 2.70. The van der Waals surface area contributed by atoms with E-state index in [4.69, 9.17) is 11.6 Å². The molecule has 6 heteroatoms. The number of carbonyl (C=O) groups excluding carboxylic acids is 2. The molecular weight excluding hydrogens is 308 g/mol. The van der Waals surface area contributed by atoms with Crippen LogP contribution in [0.15, 0.2) is 24.3 Å². The summed E-state index contributed by atoms with van der Waals surface area (Å²) in [6, 6.07) is 7.26. The van der Waals surface area contributed by atoms with Crippen LogP contribution in [0.2, 0.25) is 5.02 Å². The van der Waals surface area contributed by atoms with Gasteiger partial charge in [-0.25, -0.2) is 4.79 Å². The van der Waals surface area contributed by atoms with Crippen LogP contribution in [0.25, 0.3) is 0 Å². The van der Waals surface area contributed by atoms with Crippen molar-refractivity contribution >= 4 is 35.3 Å². The van der Waals surface area contributed by atoms with Crippen LogP contribution < -0.4 is 5.32 Å². The van der Waals surface area contributed by atoms with Gasteiger partial charge in [0.1, 0.15) is 5.54 Å². The number of nitrogens with one attached hydrogen (secondary N) is 1. The number of imide groups is 1. The molecule has 2 aliphatic heterocycles. The van der Waals surface area contributed by atoms with Crippen molar-refractivity contribution < 1.29 is 9.59 Å². The zero-order chi connectivity index (χ0) is 14.9. The second-order valence-corrected chi connectivity index (χ2v) is 7.05. The van der Waals surface area contributed by atoms with Gasteiger partial charge in [0.25, 0.3) is 5.91 Å². The minimum atomic E-state index is -0.650. The van der Waals surface area contributed by atoms with E-state index in [1.165, 1.54) is 4.90 Å². The molecule has 3 amide bonds. The molecule has 1 aromatic carbocycles. The van der Waals surface area contributed by atoms with Crippen LogP contribution in [-0.2, 0) is 11.2 Å². The lowest BCUT2D eigenvalue weighted by Gasteiger charge is -2.30. The van der Waals surface area contributed by atoms with Gasteiger partial charge in [0.2, 0.25) is 0 Å². The summed E-state index contributed by atoms with van der Waals surface area (Å²) in [5.74, 6) is 1.77. The Labute approximate surface area is 133 Å². The molecule has 0 bridgehead atoms. The molecule has 2 heterocycles. The average molecular weight is 325 g/mol. The zero-order valence-electron chi connectivity index (χ0n) is 11.6. The Hall–Kier alpha value is -1.20. The van der Waals surface area contributed by atoms with E-state index in [2.05, 4.69) is 5.32 Å². The summed E-state index contributed by atoms with van der Waals surface area (Å²) < 4.78 is 0. The van der Waals surface area contributed by atoms with E-state index in [0.717, 1.165) is 29.9 Å². The van der Waals surface area contributed by atoms with E-state index >= 15 is 0 Å². The summed E-state index contributed by atoms with van der Waals surface area (Å²) in [4.78, 5) is 26.1. The third kappa shape index (κ3) is 2.77. The lowest BCUT2D eigenvalue weighted by molar-refractivity contribution is -0.131. The minimum absolute atomic E-state index is 0.0696. The van der Waals surface area contributed by atoms with Crippen LogP contribution in [0.5, 0.6) is 0 Å². The lowest BCUT2D eigenvalue weighted by atomic mass is 9.92. The summed E-state index contributed by atoms with van der Waals surface area (Å²) in [5, 5.41) is 3.59. The van der Waals surface area contributed by atoms with Gasteiger partial charge in [0.05, 0.1) is 0 Å². The van der Waals surface area contributed by atoms with E-state index in [0.29, 0.717) is 18.0 Å². The molecule has 2 saturated heterocycles. The van der Waals surface area contributed by atoms with Gasteiger partial charge in [-0.15, -0.1) is 0 Å². The first-order chi connectivity index (χ1) is 10.1. The normalized spacial score (nSPS) is 20.9. The van der Waals surface area contributed by atoms with Crippen molar-refractivity contribution in [2.24, 2.45) is 0 Å². The molecule has 3 rings (SSSR count). The second kappa shape index (κ2) is 5.89. The number of halogens is 1. The first kappa shape index (κ1) is 14.7. The quantitative estimate of drug-likeness (QED) is 0.870. The first-order valence-corrected chi connectivity index (χ1v) is 8.61. The summed E-state index contributed by atoms with van der Waals surface area (Å²) in [6.07, 6.45) is 2.04.